The largest absolute Gasteiger partial charge is 0.464 e. The second kappa shape index (κ2) is 5.54. The molecule has 0 aliphatic carbocycles. The van der Waals surface area contributed by atoms with Crippen LogP contribution in [0, 0.1) is 0 Å². The standard InChI is InChI=1S/C13H18BrNO2/c1-5-17-12(16)13(2,3)15(4)11-8-6-10(14)7-9-11/h6-9H,5H2,1-4H3. The van der Waals surface area contributed by atoms with Crippen LogP contribution in [0.1, 0.15) is 20.8 Å². The number of anilines is 1. The highest BCUT2D eigenvalue weighted by Crippen LogP contribution is 2.24. The first-order valence-electron chi connectivity index (χ1n) is 5.56. The maximum Gasteiger partial charge on any atom is 0.331 e. The Morgan fingerprint density at radius 1 is 1.35 bits per heavy atom. The Morgan fingerprint density at radius 2 is 1.88 bits per heavy atom. The van der Waals surface area contributed by atoms with E-state index in [2.05, 4.69) is 15.9 Å². The van der Waals surface area contributed by atoms with Crippen molar-refractivity contribution < 1.29 is 9.53 Å². The molecule has 0 unspecified atom stereocenters. The quantitative estimate of drug-likeness (QED) is 0.800. The average molecular weight is 300 g/mol. The van der Waals surface area contributed by atoms with Gasteiger partial charge in [0.25, 0.3) is 0 Å². The summed E-state index contributed by atoms with van der Waals surface area (Å²) in [6.07, 6.45) is 0. The summed E-state index contributed by atoms with van der Waals surface area (Å²) < 4.78 is 6.10. The zero-order valence-electron chi connectivity index (χ0n) is 10.7. The maximum atomic E-state index is 11.9. The molecule has 1 aromatic carbocycles. The highest BCUT2D eigenvalue weighted by Gasteiger charge is 2.33. The van der Waals surface area contributed by atoms with Gasteiger partial charge in [0.05, 0.1) is 6.61 Å². The molecular formula is C13H18BrNO2. The van der Waals surface area contributed by atoms with Crippen molar-refractivity contribution in [3.8, 4) is 0 Å². The normalized spacial score (nSPS) is 11.1. The van der Waals surface area contributed by atoms with Crippen LogP contribution in [0.5, 0.6) is 0 Å². The fraction of sp³-hybridized carbons (Fsp3) is 0.462. The predicted octanol–water partition coefficient (Wildman–Crippen LogP) is 3.23. The van der Waals surface area contributed by atoms with Gasteiger partial charge in [-0.1, -0.05) is 15.9 Å². The molecule has 0 fully saturated rings. The summed E-state index contributed by atoms with van der Waals surface area (Å²) in [6, 6.07) is 7.83. The van der Waals surface area contributed by atoms with Crippen LogP contribution in [-0.4, -0.2) is 25.2 Å². The first-order chi connectivity index (χ1) is 7.89. The van der Waals surface area contributed by atoms with E-state index in [0.29, 0.717) is 6.61 Å². The van der Waals surface area contributed by atoms with E-state index in [0.717, 1.165) is 10.2 Å². The molecular weight excluding hydrogens is 282 g/mol. The Hall–Kier alpha value is -1.03. The van der Waals surface area contributed by atoms with Crippen molar-refractivity contribution >= 4 is 27.6 Å². The van der Waals surface area contributed by atoms with Gasteiger partial charge in [-0.3, -0.25) is 0 Å². The minimum Gasteiger partial charge on any atom is -0.464 e. The molecule has 1 rings (SSSR count). The van der Waals surface area contributed by atoms with Crippen LogP contribution in [0.25, 0.3) is 0 Å². The van der Waals surface area contributed by atoms with E-state index in [1.165, 1.54) is 0 Å². The molecule has 0 spiro atoms. The van der Waals surface area contributed by atoms with Gasteiger partial charge >= 0.3 is 5.97 Å². The molecule has 0 saturated heterocycles. The Bertz CT molecular complexity index is 387. The molecule has 0 saturated carbocycles. The van der Waals surface area contributed by atoms with Crippen LogP contribution < -0.4 is 4.90 Å². The summed E-state index contributed by atoms with van der Waals surface area (Å²) in [6.45, 7) is 5.92. The average Bonchev–Trinajstić information content (AvgIpc) is 2.29. The van der Waals surface area contributed by atoms with Crippen LogP contribution in [0.2, 0.25) is 0 Å². The first-order valence-corrected chi connectivity index (χ1v) is 6.35. The highest BCUT2D eigenvalue weighted by atomic mass is 79.9. The number of nitrogens with zero attached hydrogens (tertiary/aromatic N) is 1. The first kappa shape index (κ1) is 14.0. The van der Waals surface area contributed by atoms with E-state index < -0.39 is 5.54 Å². The van der Waals surface area contributed by atoms with Gasteiger partial charge in [0.2, 0.25) is 0 Å². The molecule has 94 valence electrons. The number of carbonyl (C=O) groups excluding carboxylic acids is 1. The van der Waals surface area contributed by atoms with E-state index >= 15 is 0 Å². The molecule has 0 N–H and O–H groups in total. The molecule has 17 heavy (non-hydrogen) atoms. The lowest BCUT2D eigenvalue weighted by molar-refractivity contribution is -0.148. The van der Waals surface area contributed by atoms with E-state index in [-0.39, 0.29) is 5.97 Å². The van der Waals surface area contributed by atoms with Crippen molar-refractivity contribution in [1.29, 1.82) is 0 Å². The molecule has 0 atom stereocenters. The highest BCUT2D eigenvalue weighted by molar-refractivity contribution is 9.10. The van der Waals surface area contributed by atoms with E-state index in [9.17, 15) is 4.79 Å². The minimum atomic E-state index is -0.677. The molecule has 0 aliphatic rings. The number of likely N-dealkylation sites (N-methyl/N-ethyl adjacent to an activating group) is 1. The lowest BCUT2D eigenvalue weighted by Crippen LogP contribution is -2.49. The summed E-state index contributed by atoms with van der Waals surface area (Å²) in [5, 5.41) is 0. The van der Waals surface area contributed by atoms with E-state index in [1.807, 2.05) is 57.0 Å². The number of carbonyl (C=O) groups is 1. The second-order valence-electron chi connectivity index (χ2n) is 4.31. The van der Waals surface area contributed by atoms with E-state index in [1.54, 1.807) is 0 Å². The summed E-state index contributed by atoms with van der Waals surface area (Å²) >= 11 is 3.39. The smallest absolute Gasteiger partial charge is 0.331 e. The van der Waals surface area contributed by atoms with Gasteiger partial charge in [-0.2, -0.15) is 0 Å². The van der Waals surface area contributed by atoms with Gasteiger partial charge < -0.3 is 9.64 Å². The Balaban J connectivity index is 2.91. The zero-order chi connectivity index (χ0) is 13.1. The van der Waals surface area contributed by atoms with Gasteiger partial charge in [0.15, 0.2) is 0 Å². The molecule has 3 nitrogen and oxygen atoms in total. The van der Waals surface area contributed by atoms with Gasteiger partial charge in [-0.15, -0.1) is 0 Å². The molecule has 0 aliphatic heterocycles. The Morgan fingerprint density at radius 3 is 2.35 bits per heavy atom. The number of benzene rings is 1. The maximum absolute atomic E-state index is 11.9. The number of hydrogen-bond donors (Lipinski definition) is 0. The van der Waals surface area contributed by atoms with Crippen molar-refractivity contribution in [2.75, 3.05) is 18.6 Å². The lowest BCUT2D eigenvalue weighted by atomic mass is 10.0. The van der Waals surface area contributed by atoms with E-state index in [4.69, 9.17) is 4.74 Å². The van der Waals surface area contributed by atoms with Crippen molar-refractivity contribution in [1.82, 2.24) is 0 Å². The third kappa shape index (κ3) is 3.22. The number of ether oxygens (including phenoxy) is 1. The van der Waals surface area contributed by atoms with Crippen LogP contribution >= 0.6 is 15.9 Å². The zero-order valence-corrected chi connectivity index (χ0v) is 12.2. The van der Waals surface area contributed by atoms with Crippen LogP contribution in [0.3, 0.4) is 0 Å². The number of esters is 1. The molecule has 0 bridgehead atoms. The summed E-state index contributed by atoms with van der Waals surface area (Å²) in [4.78, 5) is 13.8. The number of hydrogen-bond acceptors (Lipinski definition) is 3. The third-order valence-electron chi connectivity index (χ3n) is 2.83. The number of rotatable bonds is 4. The van der Waals surface area contributed by atoms with Crippen molar-refractivity contribution in [2.24, 2.45) is 0 Å². The second-order valence-corrected chi connectivity index (χ2v) is 5.23. The molecule has 4 heteroatoms. The summed E-state index contributed by atoms with van der Waals surface area (Å²) in [7, 11) is 1.89. The molecule has 0 heterocycles. The molecule has 0 amide bonds. The predicted molar refractivity (Wildman–Crippen MR) is 73.3 cm³/mol. The monoisotopic (exact) mass is 299 g/mol. The fourth-order valence-electron chi connectivity index (χ4n) is 1.43. The van der Waals surface area contributed by atoms with Crippen molar-refractivity contribution in [2.45, 2.75) is 26.3 Å². The fourth-order valence-corrected chi connectivity index (χ4v) is 1.70. The van der Waals surface area contributed by atoms with Crippen molar-refractivity contribution in [3.63, 3.8) is 0 Å². The third-order valence-corrected chi connectivity index (χ3v) is 3.36. The van der Waals surface area contributed by atoms with Gasteiger partial charge in [-0.25, -0.2) is 4.79 Å². The lowest BCUT2D eigenvalue weighted by Gasteiger charge is -2.35. The van der Waals surface area contributed by atoms with Crippen molar-refractivity contribution in [3.05, 3.63) is 28.7 Å². The summed E-state index contributed by atoms with van der Waals surface area (Å²) in [5.74, 6) is -0.217. The molecule has 0 radical (unpaired) electrons. The Kier molecular flexibility index (Phi) is 4.57. The van der Waals surface area contributed by atoms with Gasteiger partial charge in [0.1, 0.15) is 5.54 Å². The van der Waals surface area contributed by atoms with Gasteiger partial charge in [0, 0.05) is 17.2 Å². The minimum absolute atomic E-state index is 0.217. The summed E-state index contributed by atoms with van der Waals surface area (Å²) in [5.41, 5.74) is 0.301. The Labute approximate surface area is 111 Å². The molecule has 1 aromatic rings. The van der Waals surface area contributed by atoms with Crippen LogP contribution in [0.4, 0.5) is 5.69 Å². The van der Waals surface area contributed by atoms with Crippen LogP contribution in [0.15, 0.2) is 28.7 Å². The number of halogens is 1. The SMILES string of the molecule is CCOC(=O)C(C)(C)N(C)c1ccc(Br)cc1. The van der Waals surface area contributed by atoms with Crippen LogP contribution in [-0.2, 0) is 9.53 Å². The topological polar surface area (TPSA) is 29.5 Å². The molecule has 0 aromatic heterocycles. The van der Waals surface area contributed by atoms with Gasteiger partial charge in [-0.05, 0) is 45.0 Å².